The highest BCUT2D eigenvalue weighted by Crippen LogP contribution is 2.21. The first-order valence-electron chi connectivity index (χ1n) is 8.44. The first-order chi connectivity index (χ1) is 11.7. The average Bonchev–Trinajstić information content (AvgIpc) is 2.94. The van der Waals surface area contributed by atoms with Crippen molar-refractivity contribution in [2.75, 3.05) is 31.1 Å². The van der Waals surface area contributed by atoms with Gasteiger partial charge in [0.05, 0.1) is 16.3 Å². The summed E-state index contributed by atoms with van der Waals surface area (Å²) in [6.45, 7) is 9.14. The number of hydrogen-bond acceptors (Lipinski definition) is 6. The van der Waals surface area contributed by atoms with E-state index in [0.29, 0.717) is 11.5 Å². The van der Waals surface area contributed by atoms with Crippen LogP contribution in [-0.2, 0) is 6.54 Å². The van der Waals surface area contributed by atoms with Crippen molar-refractivity contribution < 1.29 is 0 Å². The summed E-state index contributed by atoms with van der Waals surface area (Å²) in [6.07, 6.45) is 2.84. The SMILES string of the molecule is CC(C)c1nc(CN2CCCN(c3ncccc3C#N)CC2)cs1. The molecule has 0 aromatic carbocycles. The zero-order chi connectivity index (χ0) is 16.9. The second kappa shape index (κ2) is 7.73. The molecule has 24 heavy (non-hydrogen) atoms. The van der Waals surface area contributed by atoms with Crippen molar-refractivity contribution in [1.82, 2.24) is 14.9 Å². The maximum absolute atomic E-state index is 9.28. The van der Waals surface area contributed by atoms with E-state index in [4.69, 9.17) is 4.98 Å². The monoisotopic (exact) mass is 341 g/mol. The molecule has 0 N–H and O–H groups in total. The molecular formula is C18H23N5S. The lowest BCUT2D eigenvalue weighted by Crippen LogP contribution is -2.31. The number of aromatic nitrogens is 2. The van der Waals surface area contributed by atoms with Gasteiger partial charge < -0.3 is 4.90 Å². The molecule has 1 aliphatic rings. The van der Waals surface area contributed by atoms with Crippen LogP contribution in [-0.4, -0.2) is 41.0 Å². The van der Waals surface area contributed by atoms with Crippen LogP contribution in [0.25, 0.3) is 0 Å². The Bertz CT molecular complexity index is 718. The molecule has 1 saturated heterocycles. The molecular weight excluding hydrogens is 318 g/mol. The Balaban J connectivity index is 1.63. The van der Waals surface area contributed by atoms with Crippen LogP contribution < -0.4 is 4.90 Å². The molecule has 0 radical (unpaired) electrons. The molecule has 0 unspecified atom stereocenters. The van der Waals surface area contributed by atoms with Crippen molar-refractivity contribution >= 4 is 17.2 Å². The molecule has 2 aromatic heterocycles. The Kier molecular flexibility index (Phi) is 5.44. The number of nitrogens with zero attached hydrogens (tertiary/aromatic N) is 5. The highest BCUT2D eigenvalue weighted by atomic mass is 32.1. The van der Waals surface area contributed by atoms with Crippen molar-refractivity contribution in [3.05, 3.63) is 40.0 Å². The van der Waals surface area contributed by atoms with Crippen molar-refractivity contribution in [3.8, 4) is 6.07 Å². The summed E-state index contributed by atoms with van der Waals surface area (Å²) in [7, 11) is 0. The number of hydrogen-bond donors (Lipinski definition) is 0. The summed E-state index contributed by atoms with van der Waals surface area (Å²) < 4.78 is 0. The van der Waals surface area contributed by atoms with Crippen LogP contribution in [0.15, 0.2) is 23.7 Å². The van der Waals surface area contributed by atoms with Crippen LogP contribution in [0.2, 0.25) is 0 Å². The van der Waals surface area contributed by atoms with E-state index >= 15 is 0 Å². The topological polar surface area (TPSA) is 56.1 Å². The summed E-state index contributed by atoms with van der Waals surface area (Å²) in [6, 6.07) is 5.91. The smallest absolute Gasteiger partial charge is 0.146 e. The third-order valence-electron chi connectivity index (χ3n) is 4.24. The van der Waals surface area contributed by atoms with Gasteiger partial charge in [-0.25, -0.2) is 9.97 Å². The summed E-state index contributed by atoms with van der Waals surface area (Å²) >= 11 is 1.76. The Morgan fingerprint density at radius 2 is 2.17 bits per heavy atom. The second-order valence-electron chi connectivity index (χ2n) is 6.43. The standard InChI is InChI=1S/C18H23N5S/c1-14(2)18-21-16(13-24-18)12-22-7-4-8-23(10-9-22)17-15(11-19)5-3-6-20-17/h3,5-6,13-14H,4,7-10,12H2,1-2H3. The van der Waals surface area contributed by atoms with E-state index in [-0.39, 0.29) is 0 Å². The lowest BCUT2D eigenvalue weighted by molar-refractivity contribution is 0.282. The quantitative estimate of drug-likeness (QED) is 0.854. The minimum Gasteiger partial charge on any atom is -0.354 e. The minimum absolute atomic E-state index is 0.497. The third kappa shape index (κ3) is 3.92. The van der Waals surface area contributed by atoms with E-state index in [2.05, 4.69) is 40.1 Å². The number of thiazole rings is 1. The van der Waals surface area contributed by atoms with Gasteiger partial charge in [0.15, 0.2) is 0 Å². The average molecular weight is 341 g/mol. The Labute approximate surface area is 147 Å². The summed E-state index contributed by atoms with van der Waals surface area (Å²) in [5.74, 6) is 1.31. The molecule has 6 heteroatoms. The molecule has 0 amide bonds. The van der Waals surface area contributed by atoms with Gasteiger partial charge in [-0.3, -0.25) is 4.90 Å². The Morgan fingerprint density at radius 1 is 1.29 bits per heavy atom. The zero-order valence-electron chi connectivity index (χ0n) is 14.3. The second-order valence-corrected chi connectivity index (χ2v) is 7.32. The zero-order valence-corrected chi connectivity index (χ0v) is 15.1. The largest absolute Gasteiger partial charge is 0.354 e. The van der Waals surface area contributed by atoms with Crippen LogP contribution in [0, 0.1) is 11.3 Å². The molecule has 0 aliphatic carbocycles. The van der Waals surface area contributed by atoms with Crippen molar-refractivity contribution in [2.24, 2.45) is 0 Å². The minimum atomic E-state index is 0.497. The lowest BCUT2D eigenvalue weighted by atomic mass is 10.2. The van der Waals surface area contributed by atoms with Gasteiger partial charge in [0.2, 0.25) is 0 Å². The van der Waals surface area contributed by atoms with Gasteiger partial charge in [0, 0.05) is 50.2 Å². The van der Waals surface area contributed by atoms with E-state index in [1.807, 2.05) is 12.1 Å². The number of anilines is 1. The number of pyridine rings is 1. The van der Waals surface area contributed by atoms with Crippen LogP contribution in [0.5, 0.6) is 0 Å². The molecule has 126 valence electrons. The fraction of sp³-hybridized carbons (Fsp3) is 0.500. The van der Waals surface area contributed by atoms with E-state index in [1.165, 1.54) is 10.7 Å². The van der Waals surface area contributed by atoms with E-state index in [9.17, 15) is 5.26 Å². The van der Waals surface area contributed by atoms with E-state index < -0.39 is 0 Å². The highest BCUT2D eigenvalue weighted by Gasteiger charge is 2.19. The van der Waals surface area contributed by atoms with E-state index in [1.54, 1.807) is 17.5 Å². The lowest BCUT2D eigenvalue weighted by Gasteiger charge is -2.23. The maximum atomic E-state index is 9.28. The van der Waals surface area contributed by atoms with Gasteiger partial charge >= 0.3 is 0 Å². The van der Waals surface area contributed by atoms with Gasteiger partial charge in [0.25, 0.3) is 0 Å². The molecule has 0 saturated carbocycles. The normalized spacial score (nSPS) is 16.2. The molecule has 1 aliphatic heterocycles. The van der Waals surface area contributed by atoms with Crippen LogP contribution >= 0.6 is 11.3 Å². The predicted molar refractivity (Wildman–Crippen MR) is 97.3 cm³/mol. The predicted octanol–water partition coefficient (Wildman–Crippen LogP) is 3.25. The Hall–Kier alpha value is -1.97. The fourth-order valence-electron chi connectivity index (χ4n) is 2.97. The van der Waals surface area contributed by atoms with Crippen LogP contribution in [0.1, 0.15) is 42.5 Å². The molecule has 0 spiro atoms. The van der Waals surface area contributed by atoms with Crippen LogP contribution in [0.3, 0.4) is 0 Å². The molecule has 5 nitrogen and oxygen atoms in total. The molecule has 2 aromatic rings. The fourth-order valence-corrected chi connectivity index (χ4v) is 3.79. The Morgan fingerprint density at radius 3 is 2.92 bits per heavy atom. The summed E-state index contributed by atoms with van der Waals surface area (Å²) in [5.41, 5.74) is 1.83. The van der Waals surface area contributed by atoms with Gasteiger partial charge in [-0.1, -0.05) is 13.8 Å². The van der Waals surface area contributed by atoms with Crippen molar-refractivity contribution in [3.63, 3.8) is 0 Å². The molecule has 3 heterocycles. The number of rotatable bonds is 4. The van der Waals surface area contributed by atoms with Gasteiger partial charge in [-0.05, 0) is 18.6 Å². The third-order valence-corrected chi connectivity index (χ3v) is 5.44. The molecule has 3 rings (SSSR count). The van der Waals surface area contributed by atoms with Crippen LogP contribution in [0.4, 0.5) is 5.82 Å². The first-order valence-corrected chi connectivity index (χ1v) is 9.32. The summed E-state index contributed by atoms with van der Waals surface area (Å²) in [5, 5.41) is 12.7. The summed E-state index contributed by atoms with van der Waals surface area (Å²) in [4.78, 5) is 13.9. The van der Waals surface area contributed by atoms with Gasteiger partial charge in [0.1, 0.15) is 11.9 Å². The molecule has 1 fully saturated rings. The first kappa shape index (κ1) is 16.9. The van der Waals surface area contributed by atoms with Gasteiger partial charge in [-0.2, -0.15) is 5.26 Å². The highest BCUT2D eigenvalue weighted by molar-refractivity contribution is 7.09. The van der Waals surface area contributed by atoms with Crippen molar-refractivity contribution in [1.29, 1.82) is 5.26 Å². The molecule has 0 atom stereocenters. The van der Waals surface area contributed by atoms with Gasteiger partial charge in [-0.15, -0.1) is 11.3 Å². The van der Waals surface area contributed by atoms with E-state index in [0.717, 1.165) is 45.0 Å². The molecule has 0 bridgehead atoms. The number of nitriles is 1. The maximum Gasteiger partial charge on any atom is 0.146 e. The van der Waals surface area contributed by atoms with Crippen molar-refractivity contribution in [2.45, 2.75) is 32.7 Å².